The lowest BCUT2D eigenvalue weighted by Crippen LogP contribution is -2.31. The second-order valence-corrected chi connectivity index (χ2v) is 9.79. The van der Waals surface area contributed by atoms with Crippen LogP contribution in [0.5, 0.6) is 0 Å². The molecule has 1 fully saturated rings. The van der Waals surface area contributed by atoms with Gasteiger partial charge in [0.15, 0.2) is 0 Å². The van der Waals surface area contributed by atoms with Crippen molar-refractivity contribution in [3.05, 3.63) is 60.1 Å². The molecule has 3 rings (SSSR count). The Bertz CT molecular complexity index is 577. The minimum absolute atomic E-state index is 0.275. The van der Waals surface area contributed by atoms with E-state index in [4.69, 9.17) is 9.15 Å². The zero-order valence-corrected chi connectivity index (χ0v) is 15.9. The number of thioether (sulfide) groups is 2. The zero-order chi connectivity index (χ0) is 16.7. The van der Waals surface area contributed by atoms with Gasteiger partial charge < -0.3 is 9.15 Å². The van der Waals surface area contributed by atoms with Gasteiger partial charge in [0.05, 0.1) is 23.2 Å². The number of ether oxygens (including phenoxy) is 1. The summed E-state index contributed by atoms with van der Waals surface area (Å²) in [4.78, 5) is 0. The van der Waals surface area contributed by atoms with Crippen LogP contribution in [0, 0.1) is 5.92 Å². The molecule has 1 aliphatic heterocycles. The average molecular weight is 363 g/mol. The largest absolute Gasteiger partial charge is 0.472 e. The molecule has 2 nitrogen and oxygen atoms in total. The number of rotatable bonds is 8. The molecule has 1 atom stereocenters. The molecule has 0 aliphatic carbocycles. The van der Waals surface area contributed by atoms with Crippen molar-refractivity contribution in [1.82, 2.24) is 0 Å². The van der Waals surface area contributed by atoms with Crippen molar-refractivity contribution in [3.8, 4) is 0 Å². The van der Waals surface area contributed by atoms with Crippen molar-refractivity contribution >= 4 is 23.5 Å². The summed E-state index contributed by atoms with van der Waals surface area (Å²) in [5.74, 6) is 3.09. The first kappa shape index (κ1) is 18.0. The molecule has 24 heavy (non-hydrogen) atoms. The monoisotopic (exact) mass is 362 g/mol. The van der Waals surface area contributed by atoms with Crippen LogP contribution < -0.4 is 0 Å². The second kappa shape index (κ2) is 9.02. The molecular formula is C20H26O2S2. The SMILES string of the molecule is C[C@H](COCc1ccccc1)CC1(Cc2ccoc2)SCCCS1. The minimum Gasteiger partial charge on any atom is -0.472 e. The van der Waals surface area contributed by atoms with Crippen LogP contribution in [-0.2, 0) is 17.8 Å². The van der Waals surface area contributed by atoms with Gasteiger partial charge in [-0.1, -0.05) is 37.3 Å². The highest BCUT2D eigenvalue weighted by atomic mass is 32.2. The van der Waals surface area contributed by atoms with Gasteiger partial charge in [0, 0.05) is 6.61 Å². The third kappa shape index (κ3) is 5.33. The van der Waals surface area contributed by atoms with Gasteiger partial charge >= 0.3 is 0 Å². The lowest BCUT2D eigenvalue weighted by molar-refractivity contribution is 0.0886. The van der Waals surface area contributed by atoms with Crippen molar-refractivity contribution < 1.29 is 9.15 Å². The molecule has 1 aromatic heterocycles. The fourth-order valence-corrected chi connectivity index (χ4v) is 6.83. The summed E-state index contributed by atoms with van der Waals surface area (Å²) in [5, 5.41) is 0. The number of benzene rings is 1. The normalized spacial score (nSPS) is 18.4. The van der Waals surface area contributed by atoms with Gasteiger partial charge in [-0.15, -0.1) is 23.5 Å². The Labute approximate surface area is 153 Å². The van der Waals surface area contributed by atoms with Gasteiger partial charge in [-0.25, -0.2) is 0 Å². The molecule has 0 bridgehead atoms. The summed E-state index contributed by atoms with van der Waals surface area (Å²) in [6.45, 7) is 3.85. The lowest BCUT2D eigenvalue weighted by atomic mass is 10.0. The molecule has 1 saturated heterocycles. The molecule has 2 aromatic rings. The van der Waals surface area contributed by atoms with Gasteiger partial charge in [-0.2, -0.15) is 0 Å². The first-order chi connectivity index (χ1) is 11.8. The van der Waals surface area contributed by atoms with Crippen molar-refractivity contribution in [2.45, 2.75) is 36.9 Å². The molecule has 2 heterocycles. The predicted molar refractivity (Wildman–Crippen MR) is 105 cm³/mol. The Morgan fingerprint density at radius 3 is 2.62 bits per heavy atom. The van der Waals surface area contributed by atoms with E-state index in [1.165, 1.54) is 35.5 Å². The van der Waals surface area contributed by atoms with E-state index >= 15 is 0 Å². The number of hydrogen-bond acceptors (Lipinski definition) is 4. The quantitative estimate of drug-likeness (QED) is 0.607. The highest BCUT2D eigenvalue weighted by Crippen LogP contribution is 2.48. The standard InChI is InChI=1S/C20H26O2S2/c1-17(14-22-15-18-6-3-2-4-7-18)12-20(23-10-5-11-24-20)13-19-8-9-21-16-19/h2-4,6-9,16-17H,5,10-15H2,1H3/t17-/m0/s1. The van der Waals surface area contributed by atoms with Crippen LogP contribution in [0.2, 0.25) is 0 Å². The molecule has 130 valence electrons. The molecule has 0 amide bonds. The Hall–Kier alpha value is -0.840. The van der Waals surface area contributed by atoms with Crippen LogP contribution in [0.25, 0.3) is 0 Å². The van der Waals surface area contributed by atoms with Gasteiger partial charge in [0.2, 0.25) is 0 Å². The highest BCUT2D eigenvalue weighted by Gasteiger charge is 2.35. The fraction of sp³-hybridized carbons (Fsp3) is 0.500. The van der Waals surface area contributed by atoms with Crippen LogP contribution in [0.1, 0.15) is 30.9 Å². The summed E-state index contributed by atoms with van der Waals surface area (Å²) in [6, 6.07) is 12.5. The number of furan rings is 1. The van der Waals surface area contributed by atoms with Crippen molar-refractivity contribution in [2.24, 2.45) is 5.92 Å². The molecule has 4 heteroatoms. The fourth-order valence-electron chi connectivity index (χ4n) is 3.16. The van der Waals surface area contributed by atoms with E-state index in [1.54, 1.807) is 6.26 Å². The third-order valence-corrected chi connectivity index (χ3v) is 7.61. The summed E-state index contributed by atoms with van der Waals surface area (Å²) in [5.41, 5.74) is 2.56. The Morgan fingerprint density at radius 2 is 1.92 bits per heavy atom. The van der Waals surface area contributed by atoms with E-state index in [0.29, 0.717) is 12.5 Å². The molecule has 1 aromatic carbocycles. The minimum atomic E-state index is 0.275. The predicted octanol–water partition coefficient (Wildman–Crippen LogP) is 5.63. The molecular weight excluding hydrogens is 336 g/mol. The molecule has 0 N–H and O–H groups in total. The Kier molecular flexibility index (Phi) is 6.75. The smallest absolute Gasteiger partial charge is 0.0935 e. The molecule has 0 saturated carbocycles. The number of hydrogen-bond donors (Lipinski definition) is 0. The van der Waals surface area contributed by atoms with Crippen LogP contribution >= 0.6 is 23.5 Å². The second-order valence-electron chi connectivity index (χ2n) is 6.58. The van der Waals surface area contributed by atoms with Crippen LogP contribution in [0.3, 0.4) is 0 Å². The first-order valence-corrected chi connectivity index (χ1v) is 10.6. The maximum Gasteiger partial charge on any atom is 0.0935 e. The van der Waals surface area contributed by atoms with Gasteiger partial charge in [-0.3, -0.25) is 0 Å². The molecule has 0 spiro atoms. The van der Waals surface area contributed by atoms with Crippen molar-refractivity contribution in [3.63, 3.8) is 0 Å². The van der Waals surface area contributed by atoms with Crippen LogP contribution in [-0.4, -0.2) is 22.2 Å². The highest BCUT2D eigenvalue weighted by molar-refractivity contribution is 8.18. The molecule has 1 aliphatic rings. The molecule has 0 unspecified atom stereocenters. The van der Waals surface area contributed by atoms with Crippen molar-refractivity contribution in [2.75, 3.05) is 18.1 Å². The van der Waals surface area contributed by atoms with Crippen LogP contribution in [0.4, 0.5) is 0 Å². The summed E-state index contributed by atoms with van der Waals surface area (Å²) in [6.07, 6.45) is 7.27. The maximum atomic E-state index is 5.97. The van der Waals surface area contributed by atoms with E-state index in [9.17, 15) is 0 Å². The topological polar surface area (TPSA) is 22.4 Å². The summed E-state index contributed by atoms with van der Waals surface area (Å²) in [7, 11) is 0. The van der Waals surface area contributed by atoms with E-state index in [0.717, 1.165) is 13.0 Å². The maximum absolute atomic E-state index is 5.97. The average Bonchev–Trinajstić information content (AvgIpc) is 3.09. The molecule has 0 radical (unpaired) electrons. The van der Waals surface area contributed by atoms with E-state index < -0.39 is 0 Å². The van der Waals surface area contributed by atoms with Crippen molar-refractivity contribution in [1.29, 1.82) is 0 Å². The summed E-state index contributed by atoms with van der Waals surface area (Å²) >= 11 is 4.27. The first-order valence-electron chi connectivity index (χ1n) is 8.66. The summed E-state index contributed by atoms with van der Waals surface area (Å²) < 4.78 is 11.5. The van der Waals surface area contributed by atoms with E-state index in [-0.39, 0.29) is 4.08 Å². The van der Waals surface area contributed by atoms with E-state index in [2.05, 4.69) is 60.8 Å². The van der Waals surface area contributed by atoms with Crippen LogP contribution in [0.15, 0.2) is 53.3 Å². The zero-order valence-electron chi connectivity index (χ0n) is 14.3. The lowest BCUT2D eigenvalue weighted by Gasteiger charge is -2.38. The van der Waals surface area contributed by atoms with Gasteiger partial charge in [-0.05, 0) is 53.9 Å². The van der Waals surface area contributed by atoms with E-state index in [1.807, 2.05) is 12.3 Å². The Balaban J connectivity index is 1.52. The van der Waals surface area contributed by atoms with Gasteiger partial charge in [0.25, 0.3) is 0 Å². The third-order valence-electron chi connectivity index (χ3n) is 4.25. The van der Waals surface area contributed by atoms with Gasteiger partial charge in [0.1, 0.15) is 0 Å². The Morgan fingerprint density at radius 1 is 1.12 bits per heavy atom.